The summed E-state index contributed by atoms with van der Waals surface area (Å²) in [5, 5.41) is 4.17. The first-order chi connectivity index (χ1) is 6.68. The summed E-state index contributed by atoms with van der Waals surface area (Å²) in [5.41, 5.74) is 5.63. The highest BCUT2D eigenvalue weighted by molar-refractivity contribution is 6.32. The lowest BCUT2D eigenvalue weighted by Gasteiger charge is -2.04. The van der Waals surface area contributed by atoms with E-state index >= 15 is 0 Å². The lowest BCUT2D eigenvalue weighted by molar-refractivity contribution is 0.611. The van der Waals surface area contributed by atoms with Gasteiger partial charge in [-0.15, -0.1) is 0 Å². The van der Waals surface area contributed by atoms with Gasteiger partial charge in [-0.2, -0.15) is 5.10 Å². The molecule has 1 heterocycles. The zero-order chi connectivity index (χ0) is 10.1. The number of hydrogen-bond donors (Lipinski definition) is 1. The largest absolute Gasteiger partial charge is 0.382 e. The Morgan fingerprint density at radius 2 is 2.14 bits per heavy atom. The third-order valence-electron chi connectivity index (χ3n) is 1.78. The number of hydrogen-bond acceptors (Lipinski definition) is 2. The SMILES string of the molecule is Nc1ccn(-c2c(F)cccc2Cl)n1. The number of nitrogens with zero attached hydrogens (tertiary/aromatic N) is 2. The number of para-hydroxylation sites is 1. The van der Waals surface area contributed by atoms with Crippen LogP contribution in [-0.2, 0) is 0 Å². The molecule has 0 aliphatic rings. The highest BCUT2D eigenvalue weighted by Crippen LogP contribution is 2.22. The van der Waals surface area contributed by atoms with E-state index in [1.54, 1.807) is 18.3 Å². The minimum atomic E-state index is -0.430. The van der Waals surface area contributed by atoms with E-state index in [2.05, 4.69) is 5.10 Å². The van der Waals surface area contributed by atoms with Gasteiger partial charge in [-0.25, -0.2) is 9.07 Å². The first kappa shape index (κ1) is 9.02. The molecule has 0 amide bonds. The summed E-state index contributed by atoms with van der Waals surface area (Å²) < 4.78 is 14.7. The number of nitrogens with two attached hydrogens (primary N) is 1. The van der Waals surface area contributed by atoms with E-state index in [0.29, 0.717) is 10.8 Å². The number of benzene rings is 1. The molecule has 0 unspecified atom stereocenters. The second kappa shape index (κ2) is 3.31. The Hall–Kier alpha value is -1.55. The van der Waals surface area contributed by atoms with Crippen LogP contribution in [0, 0.1) is 5.82 Å². The lowest BCUT2D eigenvalue weighted by Crippen LogP contribution is -2.00. The van der Waals surface area contributed by atoms with Crippen LogP contribution < -0.4 is 5.73 Å². The predicted octanol–water partition coefficient (Wildman–Crippen LogP) is 2.25. The van der Waals surface area contributed by atoms with Crippen LogP contribution in [-0.4, -0.2) is 9.78 Å². The summed E-state index contributed by atoms with van der Waals surface area (Å²) in [4.78, 5) is 0. The fraction of sp³-hybridized carbons (Fsp3) is 0. The molecule has 0 saturated carbocycles. The molecular formula is C9H7ClFN3. The third kappa shape index (κ3) is 1.44. The average molecular weight is 212 g/mol. The first-order valence-corrected chi connectivity index (χ1v) is 4.32. The van der Waals surface area contributed by atoms with Crippen molar-refractivity contribution in [1.29, 1.82) is 0 Å². The summed E-state index contributed by atoms with van der Waals surface area (Å²) >= 11 is 5.83. The molecule has 72 valence electrons. The molecule has 5 heteroatoms. The van der Waals surface area contributed by atoms with Gasteiger partial charge in [0.15, 0.2) is 0 Å². The second-order valence-electron chi connectivity index (χ2n) is 2.76. The quantitative estimate of drug-likeness (QED) is 0.786. The minimum Gasteiger partial charge on any atom is -0.382 e. The van der Waals surface area contributed by atoms with E-state index in [1.165, 1.54) is 16.8 Å². The molecule has 0 bridgehead atoms. The van der Waals surface area contributed by atoms with Gasteiger partial charge in [0.25, 0.3) is 0 Å². The maximum Gasteiger partial charge on any atom is 0.150 e. The fourth-order valence-corrected chi connectivity index (χ4v) is 1.42. The standard InChI is InChI=1S/C9H7ClFN3/c10-6-2-1-3-7(11)9(6)14-5-4-8(12)13-14/h1-5H,(H2,12,13). The highest BCUT2D eigenvalue weighted by atomic mass is 35.5. The minimum absolute atomic E-state index is 0.214. The van der Waals surface area contributed by atoms with Crippen molar-refractivity contribution in [2.75, 3.05) is 5.73 Å². The summed E-state index contributed by atoms with van der Waals surface area (Å²) in [6.45, 7) is 0. The summed E-state index contributed by atoms with van der Waals surface area (Å²) in [5.74, 6) is -0.107. The molecule has 0 spiro atoms. The maximum absolute atomic E-state index is 13.4. The molecule has 1 aromatic heterocycles. The van der Waals surface area contributed by atoms with Crippen molar-refractivity contribution in [3.63, 3.8) is 0 Å². The van der Waals surface area contributed by atoms with Gasteiger partial charge in [0.2, 0.25) is 0 Å². The number of aromatic nitrogens is 2. The van der Waals surface area contributed by atoms with Crippen molar-refractivity contribution in [1.82, 2.24) is 9.78 Å². The number of anilines is 1. The molecule has 0 aliphatic carbocycles. The van der Waals surface area contributed by atoms with Crippen LogP contribution in [0.2, 0.25) is 5.02 Å². The van der Waals surface area contributed by atoms with E-state index in [1.807, 2.05) is 0 Å². The molecule has 0 radical (unpaired) electrons. The molecule has 2 rings (SSSR count). The van der Waals surface area contributed by atoms with E-state index in [-0.39, 0.29) is 5.69 Å². The predicted molar refractivity (Wildman–Crippen MR) is 52.9 cm³/mol. The van der Waals surface area contributed by atoms with E-state index in [9.17, 15) is 4.39 Å². The Bertz CT molecular complexity index is 447. The van der Waals surface area contributed by atoms with Crippen LogP contribution in [0.4, 0.5) is 10.2 Å². The van der Waals surface area contributed by atoms with Crippen molar-refractivity contribution in [3.05, 3.63) is 41.3 Å². The Morgan fingerprint density at radius 1 is 1.36 bits per heavy atom. The van der Waals surface area contributed by atoms with Gasteiger partial charge in [0.1, 0.15) is 17.3 Å². The summed E-state index contributed by atoms with van der Waals surface area (Å²) in [7, 11) is 0. The molecule has 0 atom stereocenters. The normalized spacial score (nSPS) is 10.4. The van der Waals surface area contributed by atoms with Crippen LogP contribution in [0.15, 0.2) is 30.5 Å². The van der Waals surface area contributed by atoms with Gasteiger partial charge < -0.3 is 5.73 Å². The van der Waals surface area contributed by atoms with Crippen molar-refractivity contribution in [2.24, 2.45) is 0 Å². The maximum atomic E-state index is 13.4. The number of halogens is 2. The monoisotopic (exact) mass is 211 g/mol. The Kier molecular flexibility index (Phi) is 2.13. The molecule has 2 N–H and O–H groups in total. The van der Waals surface area contributed by atoms with Gasteiger partial charge in [0, 0.05) is 12.3 Å². The van der Waals surface area contributed by atoms with Gasteiger partial charge in [-0.3, -0.25) is 0 Å². The smallest absolute Gasteiger partial charge is 0.150 e. The van der Waals surface area contributed by atoms with Crippen molar-refractivity contribution in [3.8, 4) is 5.69 Å². The number of nitrogen functional groups attached to an aromatic ring is 1. The van der Waals surface area contributed by atoms with Crippen molar-refractivity contribution < 1.29 is 4.39 Å². The second-order valence-corrected chi connectivity index (χ2v) is 3.16. The summed E-state index contributed by atoms with van der Waals surface area (Å²) in [6.07, 6.45) is 1.56. The average Bonchev–Trinajstić information content (AvgIpc) is 2.51. The van der Waals surface area contributed by atoms with E-state index in [4.69, 9.17) is 17.3 Å². The topological polar surface area (TPSA) is 43.8 Å². The highest BCUT2D eigenvalue weighted by Gasteiger charge is 2.09. The Morgan fingerprint density at radius 3 is 2.71 bits per heavy atom. The van der Waals surface area contributed by atoms with Gasteiger partial charge in [0.05, 0.1) is 5.02 Å². The van der Waals surface area contributed by atoms with E-state index in [0.717, 1.165) is 0 Å². The molecule has 2 aromatic rings. The summed E-state index contributed by atoms with van der Waals surface area (Å²) in [6, 6.07) is 6.02. The van der Waals surface area contributed by atoms with Crippen LogP contribution in [0.3, 0.4) is 0 Å². The molecular weight excluding hydrogens is 205 g/mol. The van der Waals surface area contributed by atoms with Crippen LogP contribution >= 0.6 is 11.6 Å². The molecule has 0 fully saturated rings. The van der Waals surface area contributed by atoms with Gasteiger partial charge >= 0.3 is 0 Å². The first-order valence-electron chi connectivity index (χ1n) is 3.94. The van der Waals surface area contributed by atoms with Crippen LogP contribution in [0.1, 0.15) is 0 Å². The zero-order valence-corrected chi connectivity index (χ0v) is 7.87. The lowest BCUT2D eigenvalue weighted by atomic mass is 10.3. The van der Waals surface area contributed by atoms with Crippen LogP contribution in [0.25, 0.3) is 5.69 Å². The van der Waals surface area contributed by atoms with Gasteiger partial charge in [-0.1, -0.05) is 17.7 Å². The Labute approximate surface area is 84.9 Å². The molecule has 3 nitrogen and oxygen atoms in total. The van der Waals surface area contributed by atoms with Crippen molar-refractivity contribution in [2.45, 2.75) is 0 Å². The Balaban J connectivity index is 2.61. The van der Waals surface area contributed by atoms with Crippen molar-refractivity contribution >= 4 is 17.4 Å². The molecule has 0 saturated heterocycles. The third-order valence-corrected chi connectivity index (χ3v) is 2.08. The van der Waals surface area contributed by atoms with Crippen LogP contribution in [0.5, 0.6) is 0 Å². The number of rotatable bonds is 1. The molecule has 14 heavy (non-hydrogen) atoms. The molecule has 1 aromatic carbocycles. The fourth-order valence-electron chi connectivity index (χ4n) is 1.17. The van der Waals surface area contributed by atoms with Gasteiger partial charge in [-0.05, 0) is 12.1 Å². The molecule has 0 aliphatic heterocycles. The van der Waals surface area contributed by atoms with E-state index < -0.39 is 5.82 Å². The zero-order valence-electron chi connectivity index (χ0n) is 7.11.